The Hall–Kier alpha value is -1.49. The third kappa shape index (κ3) is 2.23. The molecule has 0 bridgehead atoms. The van der Waals surface area contributed by atoms with E-state index in [4.69, 9.17) is 0 Å². The van der Waals surface area contributed by atoms with Gasteiger partial charge in [0, 0.05) is 13.1 Å². The zero-order valence-corrected chi connectivity index (χ0v) is 11.8. The SMILES string of the molecule is Cc1cccc(C#N)c1N1CCC2(CCCC2)CC1. The fourth-order valence-electron chi connectivity index (χ4n) is 4.00. The minimum Gasteiger partial charge on any atom is -0.370 e. The monoisotopic (exact) mass is 254 g/mol. The van der Waals surface area contributed by atoms with Crippen LogP contribution in [0.5, 0.6) is 0 Å². The van der Waals surface area contributed by atoms with Gasteiger partial charge in [0.2, 0.25) is 0 Å². The molecule has 0 N–H and O–H groups in total. The molecule has 0 radical (unpaired) electrons. The number of rotatable bonds is 1. The van der Waals surface area contributed by atoms with E-state index in [1.165, 1.54) is 49.8 Å². The molecule has 1 spiro atoms. The highest BCUT2D eigenvalue weighted by molar-refractivity contribution is 5.64. The quantitative estimate of drug-likeness (QED) is 0.756. The van der Waals surface area contributed by atoms with E-state index >= 15 is 0 Å². The van der Waals surface area contributed by atoms with Crippen molar-refractivity contribution in [2.45, 2.75) is 45.4 Å². The van der Waals surface area contributed by atoms with Crippen molar-refractivity contribution in [2.24, 2.45) is 5.41 Å². The molecule has 1 saturated heterocycles. The van der Waals surface area contributed by atoms with Crippen LogP contribution in [0.3, 0.4) is 0 Å². The second-order valence-corrected chi connectivity index (χ2v) is 6.28. The van der Waals surface area contributed by atoms with Gasteiger partial charge in [-0.05, 0) is 49.7 Å². The lowest BCUT2D eigenvalue weighted by molar-refractivity contribution is 0.226. The van der Waals surface area contributed by atoms with E-state index in [1.807, 2.05) is 12.1 Å². The zero-order chi connectivity index (χ0) is 13.3. The molecule has 1 aromatic carbocycles. The number of hydrogen-bond donors (Lipinski definition) is 0. The summed E-state index contributed by atoms with van der Waals surface area (Å²) in [5.74, 6) is 0. The van der Waals surface area contributed by atoms with Crippen molar-refractivity contribution in [1.29, 1.82) is 5.26 Å². The van der Waals surface area contributed by atoms with Gasteiger partial charge < -0.3 is 4.90 Å². The van der Waals surface area contributed by atoms with Crippen molar-refractivity contribution in [1.82, 2.24) is 0 Å². The van der Waals surface area contributed by atoms with Crippen molar-refractivity contribution in [3.63, 3.8) is 0 Å². The van der Waals surface area contributed by atoms with E-state index in [-0.39, 0.29) is 0 Å². The van der Waals surface area contributed by atoms with Crippen LogP contribution >= 0.6 is 0 Å². The summed E-state index contributed by atoms with van der Waals surface area (Å²) in [6.45, 7) is 4.37. The highest BCUT2D eigenvalue weighted by Crippen LogP contribution is 2.47. The molecule has 0 aromatic heterocycles. The normalized spacial score (nSPS) is 21.6. The van der Waals surface area contributed by atoms with Gasteiger partial charge in [-0.2, -0.15) is 5.26 Å². The molecular weight excluding hydrogens is 232 g/mol. The van der Waals surface area contributed by atoms with Crippen LogP contribution < -0.4 is 4.90 Å². The minimum atomic E-state index is 0.645. The molecule has 1 saturated carbocycles. The van der Waals surface area contributed by atoms with Crippen LogP contribution in [0.25, 0.3) is 0 Å². The van der Waals surface area contributed by atoms with Gasteiger partial charge in [-0.25, -0.2) is 0 Å². The van der Waals surface area contributed by atoms with E-state index < -0.39 is 0 Å². The Labute approximate surface area is 116 Å². The molecule has 0 atom stereocenters. The van der Waals surface area contributed by atoms with Crippen molar-refractivity contribution >= 4 is 5.69 Å². The van der Waals surface area contributed by atoms with Crippen LogP contribution in [-0.2, 0) is 0 Å². The third-order valence-electron chi connectivity index (χ3n) is 5.16. The Kier molecular flexibility index (Phi) is 3.22. The average Bonchev–Trinajstić information content (AvgIpc) is 2.88. The lowest BCUT2D eigenvalue weighted by Gasteiger charge is -2.41. The van der Waals surface area contributed by atoms with Crippen LogP contribution in [-0.4, -0.2) is 13.1 Å². The largest absolute Gasteiger partial charge is 0.370 e. The summed E-state index contributed by atoms with van der Waals surface area (Å²) in [5.41, 5.74) is 3.90. The molecule has 1 aliphatic carbocycles. The predicted octanol–water partition coefficient (Wildman–Crippen LogP) is 4.03. The van der Waals surface area contributed by atoms with E-state index in [0.717, 1.165) is 18.7 Å². The van der Waals surface area contributed by atoms with Crippen LogP contribution in [0.15, 0.2) is 18.2 Å². The Morgan fingerprint density at radius 2 is 1.79 bits per heavy atom. The molecule has 1 aliphatic heterocycles. The molecule has 1 aromatic rings. The first-order chi connectivity index (χ1) is 9.24. The lowest BCUT2D eigenvalue weighted by Crippen LogP contribution is -2.39. The highest BCUT2D eigenvalue weighted by atomic mass is 15.1. The van der Waals surface area contributed by atoms with Gasteiger partial charge >= 0.3 is 0 Å². The van der Waals surface area contributed by atoms with E-state index in [9.17, 15) is 5.26 Å². The van der Waals surface area contributed by atoms with Crippen LogP contribution in [0, 0.1) is 23.7 Å². The van der Waals surface area contributed by atoms with Gasteiger partial charge in [-0.1, -0.05) is 25.0 Å². The van der Waals surface area contributed by atoms with Crippen molar-refractivity contribution in [3.8, 4) is 6.07 Å². The summed E-state index contributed by atoms with van der Waals surface area (Å²) >= 11 is 0. The van der Waals surface area contributed by atoms with Gasteiger partial charge in [0.25, 0.3) is 0 Å². The second-order valence-electron chi connectivity index (χ2n) is 6.28. The summed E-state index contributed by atoms with van der Waals surface area (Å²) in [7, 11) is 0. The lowest BCUT2D eigenvalue weighted by atomic mass is 9.77. The number of hydrogen-bond acceptors (Lipinski definition) is 2. The molecule has 19 heavy (non-hydrogen) atoms. The summed E-state index contributed by atoms with van der Waals surface area (Å²) < 4.78 is 0. The number of benzene rings is 1. The number of piperidine rings is 1. The van der Waals surface area contributed by atoms with Crippen molar-refractivity contribution in [3.05, 3.63) is 29.3 Å². The molecule has 2 fully saturated rings. The van der Waals surface area contributed by atoms with E-state index in [0.29, 0.717) is 5.41 Å². The van der Waals surface area contributed by atoms with Crippen LogP contribution in [0.2, 0.25) is 0 Å². The van der Waals surface area contributed by atoms with Gasteiger partial charge in [-0.3, -0.25) is 0 Å². The topological polar surface area (TPSA) is 27.0 Å². The highest BCUT2D eigenvalue weighted by Gasteiger charge is 2.37. The Balaban J connectivity index is 1.80. The molecule has 0 amide bonds. The van der Waals surface area contributed by atoms with Crippen molar-refractivity contribution in [2.75, 3.05) is 18.0 Å². The molecule has 2 aliphatic rings. The third-order valence-corrected chi connectivity index (χ3v) is 5.16. The molecule has 1 heterocycles. The van der Waals surface area contributed by atoms with Gasteiger partial charge in [-0.15, -0.1) is 0 Å². The summed E-state index contributed by atoms with van der Waals surface area (Å²) in [4.78, 5) is 2.44. The minimum absolute atomic E-state index is 0.645. The van der Waals surface area contributed by atoms with Crippen LogP contribution in [0.1, 0.15) is 49.7 Å². The Bertz CT molecular complexity index is 496. The molecule has 2 nitrogen and oxygen atoms in total. The number of nitrogens with zero attached hydrogens (tertiary/aromatic N) is 2. The predicted molar refractivity (Wildman–Crippen MR) is 78.2 cm³/mol. The Morgan fingerprint density at radius 1 is 1.11 bits per heavy atom. The van der Waals surface area contributed by atoms with Gasteiger partial charge in [0.15, 0.2) is 0 Å². The number of anilines is 1. The molecule has 100 valence electrons. The molecule has 2 heteroatoms. The van der Waals surface area contributed by atoms with Crippen molar-refractivity contribution < 1.29 is 0 Å². The standard InChI is InChI=1S/C17H22N2/c1-14-5-4-6-15(13-18)16(14)19-11-9-17(10-12-19)7-2-3-8-17/h4-6H,2-3,7-12H2,1H3. The fraction of sp³-hybridized carbons (Fsp3) is 0.588. The fourth-order valence-corrected chi connectivity index (χ4v) is 4.00. The first-order valence-electron chi connectivity index (χ1n) is 7.49. The second kappa shape index (κ2) is 4.89. The number of aryl methyl sites for hydroxylation is 1. The summed E-state index contributed by atoms with van der Waals surface area (Å²) in [6, 6.07) is 8.41. The first-order valence-corrected chi connectivity index (χ1v) is 7.49. The Morgan fingerprint density at radius 3 is 2.42 bits per heavy atom. The van der Waals surface area contributed by atoms with Crippen LogP contribution in [0.4, 0.5) is 5.69 Å². The zero-order valence-electron chi connectivity index (χ0n) is 11.8. The average molecular weight is 254 g/mol. The molecular formula is C17H22N2. The molecule has 3 rings (SSSR count). The molecule has 0 unspecified atom stereocenters. The summed E-state index contributed by atoms with van der Waals surface area (Å²) in [6.07, 6.45) is 8.33. The number of nitriles is 1. The summed E-state index contributed by atoms with van der Waals surface area (Å²) in [5, 5.41) is 9.30. The van der Waals surface area contributed by atoms with E-state index in [1.54, 1.807) is 0 Å². The van der Waals surface area contributed by atoms with E-state index in [2.05, 4.69) is 24.0 Å². The van der Waals surface area contributed by atoms with Gasteiger partial charge in [0.05, 0.1) is 11.3 Å². The number of para-hydroxylation sites is 1. The first kappa shape index (κ1) is 12.5. The van der Waals surface area contributed by atoms with Gasteiger partial charge in [0.1, 0.15) is 6.07 Å². The maximum absolute atomic E-state index is 9.30. The maximum Gasteiger partial charge on any atom is 0.101 e. The maximum atomic E-state index is 9.30. The smallest absolute Gasteiger partial charge is 0.101 e.